The summed E-state index contributed by atoms with van der Waals surface area (Å²) in [6.07, 6.45) is 0. The number of rotatable bonds is 4. The lowest BCUT2D eigenvalue weighted by Gasteiger charge is -2.09. The van der Waals surface area contributed by atoms with Crippen molar-refractivity contribution < 1.29 is 19.1 Å². The highest BCUT2D eigenvalue weighted by atomic mass is 35.5. The first kappa shape index (κ1) is 19.9. The Balaban J connectivity index is 1.67. The van der Waals surface area contributed by atoms with Crippen molar-refractivity contribution >= 4 is 58.1 Å². The zero-order chi connectivity index (χ0) is 20.3. The number of hydrogen-bond acceptors (Lipinski definition) is 4. The molecule has 0 saturated heterocycles. The maximum atomic E-state index is 12.3. The van der Waals surface area contributed by atoms with E-state index in [1.165, 1.54) is 18.2 Å². The molecule has 6 nitrogen and oxygen atoms in total. The molecule has 3 rings (SSSR count). The molecule has 0 aliphatic heterocycles. The van der Waals surface area contributed by atoms with Crippen molar-refractivity contribution in [3.8, 4) is 11.3 Å². The number of furan rings is 1. The van der Waals surface area contributed by atoms with Crippen LogP contribution < -0.4 is 10.6 Å². The summed E-state index contributed by atoms with van der Waals surface area (Å²) < 4.78 is 5.55. The van der Waals surface area contributed by atoms with Gasteiger partial charge in [0.1, 0.15) is 5.76 Å². The minimum Gasteiger partial charge on any atom is -0.478 e. The molecule has 0 unspecified atom stereocenters. The Hall–Kier alpha value is -2.87. The molecule has 1 aromatic heterocycles. The molecule has 3 N–H and O–H groups in total. The van der Waals surface area contributed by atoms with Gasteiger partial charge in [0, 0.05) is 11.3 Å². The van der Waals surface area contributed by atoms with Crippen molar-refractivity contribution in [2.24, 2.45) is 0 Å². The number of benzene rings is 2. The van der Waals surface area contributed by atoms with Gasteiger partial charge in [0.25, 0.3) is 5.91 Å². The Morgan fingerprint density at radius 2 is 1.79 bits per heavy atom. The normalized spacial score (nSPS) is 10.4. The van der Waals surface area contributed by atoms with Crippen molar-refractivity contribution in [3.63, 3.8) is 0 Å². The maximum absolute atomic E-state index is 12.3. The van der Waals surface area contributed by atoms with E-state index in [1.54, 1.807) is 36.4 Å². The van der Waals surface area contributed by atoms with Crippen LogP contribution >= 0.6 is 35.4 Å². The van der Waals surface area contributed by atoms with E-state index in [0.717, 1.165) is 0 Å². The van der Waals surface area contributed by atoms with Crippen molar-refractivity contribution in [1.82, 2.24) is 5.32 Å². The summed E-state index contributed by atoms with van der Waals surface area (Å²) in [4.78, 5) is 23.3. The van der Waals surface area contributed by atoms with Crippen molar-refractivity contribution in [3.05, 3.63) is 76.0 Å². The molecule has 0 aliphatic carbocycles. The molecule has 2 aromatic carbocycles. The van der Waals surface area contributed by atoms with Gasteiger partial charge in [0.2, 0.25) is 0 Å². The number of nitrogens with one attached hydrogen (secondary N) is 2. The number of hydrogen-bond donors (Lipinski definition) is 3. The number of thiocarbonyl (C=S) groups is 1. The number of carbonyl (C=O) groups is 2. The van der Waals surface area contributed by atoms with E-state index in [0.29, 0.717) is 27.1 Å². The number of carboxylic acids is 1. The summed E-state index contributed by atoms with van der Waals surface area (Å²) in [6.45, 7) is 0. The van der Waals surface area contributed by atoms with Gasteiger partial charge in [-0.25, -0.2) is 4.79 Å². The number of amides is 1. The molecular weight excluding hydrogens is 423 g/mol. The molecule has 28 heavy (non-hydrogen) atoms. The van der Waals surface area contributed by atoms with Crippen LogP contribution in [0.25, 0.3) is 11.3 Å². The molecule has 1 heterocycles. The zero-order valence-electron chi connectivity index (χ0n) is 14.0. The summed E-state index contributed by atoms with van der Waals surface area (Å²) in [6, 6.07) is 14.1. The molecule has 0 atom stereocenters. The molecule has 0 radical (unpaired) electrons. The second kappa shape index (κ2) is 8.43. The average Bonchev–Trinajstić information content (AvgIpc) is 3.14. The number of halogens is 2. The molecular formula is C19H12Cl2N2O4S. The molecule has 9 heteroatoms. The molecule has 0 saturated carbocycles. The van der Waals surface area contributed by atoms with E-state index in [-0.39, 0.29) is 16.4 Å². The monoisotopic (exact) mass is 434 g/mol. The Labute approximate surface area is 175 Å². The first-order chi connectivity index (χ1) is 13.3. The largest absolute Gasteiger partial charge is 0.478 e. The van der Waals surface area contributed by atoms with Gasteiger partial charge in [-0.2, -0.15) is 0 Å². The van der Waals surface area contributed by atoms with Crippen molar-refractivity contribution in [1.29, 1.82) is 0 Å². The standard InChI is InChI=1S/C19H12Cl2N2O4S/c20-13-5-4-10(9-14(13)21)15-6-7-16(27-15)17(24)23-19(28)22-12-3-1-2-11(8-12)18(25)26/h1-9H,(H,25,26)(H2,22,23,24,28). The first-order valence-electron chi connectivity index (χ1n) is 7.84. The second-order valence-electron chi connectivity index (χ2n) is 5.59. The van der Waals surface area contributed by atoms with E-state index in [4.69, 9.17) is 44.9 Å². The number of aromatic carboxylic acids is 1. The Bertz CT molecular complexity index is 1080. The highest BCUT2D eigenvalue weighted by Gasteiger charge is 2.15. The third-order valence-electron chi connectivity index (χ3n) is 3.63. The van der Waals surface area contributed by atoms with E-state index in [1.807, 2.05) is 0 Å². The maximum Gasteiger partial charge on any atom is 0.335 e. The van der Waals surface area contributed by atoms with Gasteiger partial charge in [0.05, 0.1) is 15.6 Å². The van der Waals surface area contributed by atoms with Gasteiger partial charge in [-0.1, -0.05) is 29.3 Å². The van der Waals surface area contributed by atoms with Gasteiger partial charge in [-0.15, -0.1) is 0 Å². The van der Waals surface area contributed by atoms with Crippen LogP contribution in [0, 0.1) is 0 Å². The quantitative estimate of drug-likeness (QED) is 0.496. The first-order valence-corrected chi connectivity index (χ1v) is 9.01. The molecule has 0 spiro atoms. The Kier molecular flexibility index (Phi) is 5.99. The molecule has 1 amide bonds. The van der Waals surface area contributed by atoms with Crippen molar-refractivity contribution in [2.45, 2.75) is 0 Å². The minimum atomic E-state index is -1.07. The summed E-state index contributed by atoms with van der Waals surface area (Å²) in [5, 5.41) is 15.0. The van der Waals surface area contributed by atoms with Crippen LogP contribution in [0.1, 0.15) is 20.9 Å². The lowest BCUT2D eigenvalue weighted by molar-refractivity contribution is 0.0696. The van der Waals surface area contributed by atoms with E-state index in [9.17, 15) is 9.59 Å². The van der Waals surface area contributed by atoms with Crippen LogP contribution in [0.5, 0.6) is 0 Å². The van der Waals surface area contributed by atoms with Gasteiger partial charge in [-0.05, 0) is 60.7 Å². The fourth-order valence-electron chi connectivity index (χ4n) is 2.32. The fourth-order valence-corrected chi connectivity index (χ4v) is 2.83. The predicted octanol–water partition coefficient (Wildman–Crippen LogP) is 5.08. The lowest BCUT2D eigenvalue weighted by atomic mass is 10.2. The smallest absolute Gasteiger partial charge is 0.335 e. The summed E-state index contributed by atoms with van der Waals surface area (Å²) >= 11 is 17.0. The van der Waals surface area contributed by atoms with Crippen LogP contribution in [-0.4, -0.2) is 22.1 Å². The van der Waals surface area contributed by atoms with Crippen LogP contribution in [0.2, 0.25) is 10.0 Å². The average molecular weight is 435 g/mol. The molecule has 3 aromatic rings. The van der Waals surface area contributed by atoms with Crippen LogP contribution in [0.3, 0.4) is 0 Å². The fraction of sp³-hybridized carbons (Fsp3) is 0. The van der Waals surface area contributed by atoms with Gasteiger partial charge >= 0.3 is 5.97 Å². The topological polar surface area (TPSA) is 91.6 Å². The van der Waals surface area contributed by atoms with Crippen LogP contribution in [0.15, 0.2) is 59.0 Å². The molecule has 0 bridgehead atoms. The van der Waals surface area contributed by atoms with Gasteiger partial charge in [0.15, 0.2) is 10.9 Å². The third kappa shape index (κ3) is 4.69. The number of carboxylic acid groups (broad SMARTS) is 1. The van der Waals surface area contributed by atoms with E-state index >= 15 is 0 Å². The SMILES string of the molecule is O=C(O)c1cccc(NC(=S)NC(=O)c2ccc(-c3ccc(Cl)c(Cl)c3)o2)c1. The highest BCUT2D eigenvalue weighted by molar-refractivity contribution is 7.80. The second-order valence-corrected chi connectivity index (χ2v) is 6.81. The zero-order valence-corrected chi connectivity index (χ0v) is 16.4. The van der Waals surface area contributed by atoms with Crippen LogP contribution in [0.4, 0.5) is 5.69 Å². The lowest BCUT2D eigenvalue weighted by Crippen LogP contribution is -2.33. The summed E-state index contributed by atoms with van der Waals surface area (Å²) in [7, 11) is 0. The van der Waals surface area contributed by atoms with Gasteiger partial charge in [-0.3, -0.25) is 10.1 Å². The van der Waals surface area contributed by atoms with E-state index < -0.39 is 11.9 Å². The third-order valence-corrected chi connectivity index (χ3v) is 4.57. The van der Waals surface area contributed by atoms with Crippen LogP contribution in [-0.2, 0) is 0 Å². The number of carbonyl (C=O) groups excluding carboxylic acids is 1. The number of anilines is 1. The van der Waals surface area contributed by atoms with E-state index in [2.05, 4.69) is 10.6 Å². The summed E-state index contributed by atoms with van der Waals surface area (Å²) in [5.41, 5.74) is 1.19. The molecule has 142 valence electrons. The molecule has 0 fully saturated rings. The predicted molar refractivity (Wildman–Crippen MR) is 111 cm³/mol. The summed E-state index contributed by atoms with van der Waals surface area (Å²) in [5.74, 6) is -1.14. The Morgan fingerprint density at radius 3 is 2.50 bits per heavy atom. The highest BCUT2D eigenvalue weighted by Crippen LogP contribution is 2.29. The molecule has 0 aliphatic rings. The van der Waals surface area contributed by atoms with Gasteiger partial charge < -0.3 is 14.8 Å². The Morgan fingerprint density at radius 1 is 1.00 bits per heavy atom. The van der Waals surface area contributed by atoms with Crippen molar-refractivity contribution in [2.75, 3.05) is 5.32 Å². The minimum absolute atomic E-state index is 0.0000242.